The van der Waals surface area contributed by atoms with Crippen LogP contribution in [-0.4, -0.2) is 4.99 Å². The molecule has 0 aromatic carbocycles. The van der Waals surface area contributed by atoms with E-state index in [1.54, 1.807) is 0 Å². The Kier molecular flexibility index (Phi) is 2.05. The highest BCUT2D eigenvalue weighted by Gasteiger charge is 2.06. The predicted molar refractivity (Wildman–Crippen MR) is 43.8 cm³/mol. The average molecular weight is 157 g/mol. The Hall–Kier alpha value is -0.120. The number of hydrogen-bond acceptors (Lipinski definition) is 2. The van der Waals surface area contributed by atoms with Gasteiger partial charge >= 0.3 is 0 Å². The van der Waals surface area contributed by atoms with E-state index in [0.29, 0.717) is 0 Å². The molecule has 9 heavy (non-hydrogen) atoms. The minimum atomic E-state index is 0.782. The second-order valence-electron chi connectivity index (χ2n) is 1.90. The first-order chi connectivity index (χ1) is 4.22. The highest BCUT2D eigenvalue weighted by Crippen LogP contribution is 1.95. The molecule has 0 aromatic rings. The monoisotopic (exact) mass is 157 g/mol. The summed E-state index contributed by atoms with van der Waals surface area (Å²) in [6, 6.07) is 0. The molecule has 0 aromatic heterocycles. The Morgan fingerprint density at radius 2 is 2.33 bits per heavy atom. The van der Waals surface area contributed by atoms with Gasteiger partial charge in [0.2, 0.25) is 0 Å². The van der Waals surface area contributed by atoms with E-state index in [2.05, 4.69) is 0 Å². The number of thiocarbonyl (C=S) groups is 1. The first-order valence-corrected chi connectivity index (χ1v) is 3.47. The van der Waals surface area contributed by atoms with Crippen molar-refractivity contribution in [2.75, 3.05) is 0 Å². The Morgan fingerprint density at radius 3 is 2.78 bits per heavy atom. The van der Waals surface area contributed by atoms with Gasteiger partial charge in [0.05, 0.1) is 6.20 Å². The smallest absolute Gasteiger partial charge is 0.186 e. The van der Waals surface area contributed by atoms with Crippen molar-refractivity contribution in [3.05, 3.63) is 23.9 Å². The lowest BCUT2D eigenvalue weighted by Gasteiger charge is -2.20. The molecule has 1 rings (SSSR count). The number of rotatable bonds is 0. The van der Waals surface area contributed by atoms with Crippen LogP contribution in [0.15, 0.2) is 23.9 Å². The van der Waals surface area contributed by atoms with Crippen molar-refractivity contribution in [3.8, 4) is 0 Å². The molecule has 0 radical (unpaired) electrons. The highest BCUT2D eigenvalue weighted by atomic mass is 32.1. The second-order valence-corrected chi connectivity index (χ2v) is 2.75. The van der Waals surface area contributed by atoms with Crippen molar-refractivity contribution in [2.45, 2.75) is 6.92 Å². The van der Waals surface area contributed by atoms with E-state index in [1.807, 2.05) is 25.3 Å². The van der Waals surface area contributed by atoms with E-state index in [0.717, 1.165) is 14.9 Å². The Balaban J connectivity index is 2.86. The molecule has 1 nitrogen and oxygen atoms in total. The van der Waals surface area contributed by atoms with Gasteiger partial charge in [0.25, 0.3) is 0 Å². The van der Waals surface area contributed by atoms with Crippen LogP contribution in [-0.2, 0) is 12.8 Å². The van der Waals surface area contributed by atoms with E-state index in [1.165, 1.54) is 0 Å². The van der Waals surface area contributed by atoms with Gasteiger partial charge in [-0.3, -0.25) is 0 Å². The van der Waals surface area contributed by atoms with Gasteiger partial charge in [-0.2, -0.15) is 0 Å². The summed E-state index contributed by atoms with van der Waals surface area (Å²) in [5, 5.41) is 0. The largest absolute Gasteiger partial charge is 0.483 e. The molecule has 0 saturated carbocycles. The van der Waals surface area contributed by atoms with Crippen LogP contribution in [0.25, 0.3) is 0 Å². The van der Waals surface area contributed by atoms with Gasteiger partial charge in [-0.15, -0.1) is 0 Å². The standard InChI is InChI=1S/C6H7NS2/c1-5-3-2-4-7(9)6(5)8/h2-4,7H,1H3. The lowest BCUT2D eigenvalue weighted by atomic mass is 10.2. The lowest BCUT2D eigenvalue weighted by Crippen LogP contribution is -3.05. The van der Waals surface area contributed by atoms with Crippen LogP contribution in [0.5, 0.6) is 0 Å². The van der Waals surface area contributed by atoms with Gasteiger partial charge in [0.1, 0.15) is 0 Å². The summed E-state index contributed by atoms with van der Waals surface area (Å²) in [5.41, 5.74) is 1.09. The minimum absolute atomic E-state index is 0.782. The first-order valence-electron chi connectivity index (χ1n) is 2.65. The third-order valence-corrected chi connectivity index (χ3v) is 2.19. The molecule has 48 valence electrons. The van der Waals surface area contributed by atoms with Gasteiger partial charge < -0.3 is 17.1 Å². The fourth-order valence-electron chi connectivity index (χ4n) is 0.626. The molecule has 3 heteroatoms. The van der Waals surface area contributed by atoms with Crippen LogP contribution >= 0.6 is 12.2 Å². The Labute approximate surface area is 65.6 Å². The van der Waals surface area contributed by atoms with Crippen molar-refractivity contribution in [2.24, 2.45) is 0 Å². The molecule has 1 atom stereocenters. The molecular weight excluding hydrogens is 150 g/mol. The molecule has 1 unspecified atom stereocenters. The molecule has 1 N–H and O–H groups in total. The number of allylic oxidation sites excluding steroid dienone is 2. The van der Waals surface area contributed by atoms with Gasteiger partial charge in [0, 0.05) is 5.57 Å². The molecule has 1 heterocycles. The summed E-state index contributed by atoms with van der Waals surface area (Å²) >= 11 is 9.93. The summed E-state index contributed by atoms with van der Waals surface area (Å²) in [6.45, 7) is 1.97. The predicted octanol–water partition coefficient (Wildman–Crippen LogP) is 0.134. The van der Waals surface area contributed by atoms with Gasteiger partial charge in [0.15, 0.2) is 4.99 Å². The zero-order valence-electron chi connectivity index (χ0n) is 5.05. The lowest BCUT2D eigenvalue weighted by molar-refractivity contribution is -0.570. The molecule has 0 bridgehead atoms. The van der Waals surface area contributed by atoms with E-state index in [9.17, 15) is 0 Å². The van der Waals surface area contributed by atoms with E-state index in [4.69, 9.17) is 25.0 Å². The maximum atomic E-state index is 4.99. The van der Waals surface area contributed by atoms with Crippen molar-refractivity contribution in [1.29, 1.82) is 0 Å². The van der Waals surface area contributed by atoms with Crippen LogP contribution in [0.4, 0.5) is 0 Å². The molecule has 0 fully saturated rings. The molecule has 1 aliphatic rings. The van der Waals surface area contributed by atoms with Crippen LogP contribution in [0, 0.1) is 0 Å². The zero-order chi connectivity index (χ0) is 6.85. The maximum absolute atomic E-state index is 4.99. The Bertz CT molecular complexity index is 193. The average Bonchev–Trinajstić information content (AvgIpc) is 1.83. The van der Waals surface area contributed by atoms with Crippen LogP contribution < -0.4 is 4.31 Å². The van der Waals surface area contributed by atoms with E-state index < -0.39 is 0 Å². The molecule has 0 amide bonds. The SMILES string of the molecule is CC1=CC=C[NH+]([S-])C1=S. The highest BCUT2D eigenvalue weighted by molar-refractivity contribution is 7.80. The fraction of sp³-hybridized carbons (Fsp3) is 0.167. The summed E-state index contributed by atoms with van der Waals surface area (Å²) in [4.78, 5) is 0.813. The normalized spacial score (nSPS) is 26.2. The Morgan fingerprint density at radius 1 is 1.67 bits per heavy atom. The summed E-state index contributed by atoms with van der Waals surface area (Å²) in [5.74, 6) is 0. The quantitative estimate of drug-likeness (QED) is 0.394. The van der Waals surface area contributed by atoms with Crippen molar-refractivity contribution >= 4 is 30.0 Å². The van der Waals surface area contributed by atoms with Gasteiger partial charge in [-0.05, 0) is 31.3 Å². The third-order valence-electron chi connectivity index (χ3n) is 1.18. The van der Waals surface area contributed by atoms with Crippen LogP contribution in [0.2, 0.25) is 0 Å². The molecule has 0 aliphatic carbocycles. The minimum Gasteiger partial charge on any atom is -0.483 e. The molecular formula is C6H7NS2. The first kappa shape index (κ1) is 6.99. The molecule has 0 spiro atoms. The summed E-state index contributed by atoms with van der Waals surface area (Å²) in [7, 11) is 0. The number of quaternary nitrogens is 1. The van der Waals surface area contributed by atoms with E-state index >= 15 is 0 Å². The number of nitrogens with one attached hydrogen (secondary N) is 1. The molecule has 1 aliphatic heterocycles. The summed E-state index contributed by atoms with van der Waals surface area (Å²) < 4.78 is 0.782. The van der Waals surface area contributed by atoms with Crippen molar-refractivity contribution < 1.29 is 4.31 Å². The summed E-state index contributed by atoms with van der Waals surface area (Å²) in [6.07, 6.45) is 5.75. The fourth-order valence-corrected chi connectivity index (χ4v) is 1.00. The third kappa shape index (κ3) is 1.41. The second kappa shape index (κ2) is 2.64. The van der Waals surface area contributed by atoms with Crippen LogP contribution in [0.1, 0.15) is 6.92 Å². The number of hydrogen-bond donors (Lipinski definition) is 1. The van der Waals surface area contributed by atoms with Crippen molar-refractivity contribution in [1.82, 2.24) is 0 Å². The van der Waals surface area contributed by atoms with Gasteiger partial charge in [-0.25, -0.2) is 0 Å². The van der Waals surface area contributed by atoms with Crippen LogP contribution in [0.3, 0.4) is 0 Å². The van der Waals surface area contributed by atoms with Crippen molar-refractivity contribution in [3.63, 3.8) is 0 Å². The maximum Gasteiger partial charge on any atom is 0.186 e. The zero-order valence-corrected chi connectivity index (χ0v) is 6.68. The topological polar surface area (TPSA) is 4.44 Å². The van der Waals surface area contributed by atoms with Gasteiger partial charge in [-0.1, -0.05) is 0 Å². The van der Waals surface area contributed by atoms with E-state index in [-0.39, 0.29) is 0 Å². The molecule has 0 saturated heterocycles.